The molecule has 0 saturated heterocycles. The van der Waals surface area contributed by atoms with Gasteiger partial charge in [-0.25, -0.2) is 8.42 Å². The molecule has 0 amide bonds. The van der Waals surface area contributed by atoms with Gasteiger partial charge in [-0.3, -0.25) is 0 Å². The highest BCUT2D eigenvalue weighted by atomic mass is 32.2. The molecule has 3 nitrogen and oxygen atoms in total. The first kappa shape index (κ1) is 13.6. The summed E-state index contributed by atoms with van der Waals surface area (Å²) in [6, 6.07) is 14.5. The van der Waals surface area contributed by atoms with Crippen molar-refractivity contribution in [3.05, 3.63) is 65.2 Å². The molecule has 0 aliphatic heterocycles. The second kappa shape index (κ2) is 5.45. The third-order valence-electron chi connectivity index (χ3n) is 2.97. The predicted octanol–water partition coefficient (Wildman–Crippen LogP) is 2.69. The lowest BCUT2D eigenvalue weighted by atomic mass is 10.1. The summed E-state index contributed by atoms with van der Waals surface area (Å²) in [5.74, 6) is 0.0842. The molecule has 0 atom stereocenters. The van der Waals surface area contributed by atoms with E-state index < -0.39 is 9.84 Å². The van der Waals surface area contributed by atoms with E-state index in [0.717, 1.165) is 16.7 Å². The van der Waals surface area contributed by atoms with Gasteiger partial charge in [0.15, 0.2) is 9.84 Å². The van der Waals surface area contributed by atoms with E-state index >= 15 is 0 Å². The molecule has 0 spiro atoms. The van der Waals surface area contributed by atoms with Crippen molar-refractivity contribution in [2.24, 2.45) is 0 Å². The normalized spacial score (nSPS) is 11.4. The van der Waals surface area contributed by atoms with Crippen LogP contribution in [0.25, 0.3) is 0 Å². The number of anilines is 1. The van der Waals surface area contributed by atoms with Crippen molar-refractivity contribution in [1.82, 2.24) is 0 Å². The molecule has 0 aliphatic rings. The van der Waals surface area contributed by atoms with Crippen molar-refractivity contribution in [3.63, 3.8) is 0 Å². The minimum absolute atomic E-state index is 0.0202. The van der Waals surface area contributed by atoms with E-state index in [1.165, 1.54) is 0 Å². The first-order chi connectivity index (χ1) is 8.96. The molecule has 2 N–H and O–H groups in total. The highest BCUT2D eigenvalue weighted by molar-refractivity contribution is 7.89. The molecule has 4 heteroatoms. The molecular weight excluding hydrogens is 258 g/mol. The van der Waals surface area contributed by atoms with Crippen LogP contribution in [0.2, 0.25) is 0 Å². The standard InChI is InChI=1S/C15H17NO2S/c1-12-5-2-3-7-14(12)11-19(17,18)10-13-6-4-8-15(16)9-13/h2-9H,10-11,16H2,1H3. The SMILES string of the molecule is Cc1ccccc1CS(=O)(=O)Cc1cccc(N)c1. The Labute approximate surface area is 114 Å². The summed E-state index contributed by atoms with van der Waals surface area (Å²) in [5.41, 5.74) is 8.83. The van der Waals surface area contributed by atoms with E-state index in [0.29, 0.717) is 5.69 Å². The van der Waals surface area contributed by atoms with Crippen LogP contribution >= 0.6 is 0 Å². The number of rotatable bonds is 4. The van der Waals surface area contributed by atoms with Gasteiger partial charge < -0.3 is 5.73 Å². The van der Waals surface area contributed by atoms with Gasteiger partial charge in [-0.15, -0.1) is 0 Å². The summed E-state index contributed by atoms with van der Waals surface area (Å²) in [6.07, 6.45) is 0. The van der Waals surface area contributed by atoms with Gasteiger partial charge in [-0.05, 0) is 35.7 Å². The predicted molar refractivity (Wildman–Crippen MR) is 78.4 cm³/mol. The number of sulfone groups is 1. The van der Waals surface area contributed by atoms with Gasteiger partial charge in [0.25, 0.3) is 0 Å². The summed E-state index contributed by atoms with van der Waals surface area (Å²) >= 11 is 0. The molecule has 19 heavy (non-hydrogen) atoms. The van der Waals surface area contributed by atoms with Gasteiger partial charge in [-0.1, -0.05) is 36.4 Å². The third kappa shape index (κ3) is 3.83. The lowest BCUT2D eigenvalue weighted by molar-refractivity contribution is 0.594. The van der Waals surface area contributed by atoms with Gasteiger partial charge in [0.2, 0.25) is 0 Å². The van der Waals surface area contributed by atoms with Gasteiger partial charge >= 0.3 is 0 Å². The van der Waals surface area contributed by atoms with Crippen LogP contribution < -0.4 is 5.73 Å². The maximum Gasteiger partial charge on any atom is 0.158 e. The quantitative estimate of drug-likeness (QED) is 0.873. The minimum atomic E-state index is -3.18. The molecule has 0 aromatic heterocycles. The Hall–Kier alpha value is -1.81. The minimum Gasteiger partial charge on any atom is -0.399 e. The lowest BCUT2D eigenvalue weighted by Gasteiger charge is -2.07. The average molecular weight is 275 g/mol. The summed E-state index contributed by atoms with van der Waals surface area (Å²) in [4.78, 5) is 0. The van der Waals surface area contributed by atoms with E-state index in [9.17, 15) is 8.42 Å². The monoisotopic (exact) mass is 275 g/mol. The van der Waals surface area contributed by atoms with Crippen molar-refractivity contribution >= 4 is 15.5 Å². The van der Waals surface area contributed by atoms with Crippen LogP contribution in [-0.4, -0.2) is 8.42 Å². The number of hydrogen-bond acceptors (Lipinski definition) is 3. The molecule has 0 fully saturated rings. The van der Waals surface area contributed by atoms with Gasteiger partial charge in [0.1, 0.15) is 0 Å². The Kier molecular flexibility index (Phi) is 3.90. The van der Waals surface area contributed by atoms with E-state index in [1.54, 1.807) is 24.3 Å². The zero-order valence-corrected chi connectivity index (χ0v) is 11.7. The van der Waals surface area contributed by atoms with Crippen LogP contribution in [0, 0.1) is 6.92 Å². The lowest BCUT2D eigenvalue weighted by Crippen LogP contribution is -2.08. The fourth-order valence-electron chi connectivity index (χ4n) is 2.00. The highest BCUT2D eigenvalue weighted by Crippen LogP contribution is 2.16. The topological polar surface area (TPSA) is 60.2 Å². The fraction of sp³-hybridized carbons (Fsp3) is 0.200. The van der Waals surface area contributed by atoms with Crippen LogP contribution in [0.1, 0.15) is 16.7 Å². The van der Waals surface area contributed by atoms with Crippen LogP contribution in [-0.2, 0) is 21.3 Å². The van der Waals surface area contributed by atoms with Crippen LogP contribution in [0.15, 0.2) is 48.5 Å². The van der Waals surface area contributed by atoms with E-state index in [4.69, 9.17) is 5.73 Å². The Bertz CT molecular complexity index is 678. The molecule has 2 rings (SSSR count). The zero-order valence-electron chi connectivity index (χ0n) is 10.8. The molecule has 0 radical (unpaired) electrons. The van der Waals surface area contributed by atoms with Crippen LogP contribution in [0.3, 0.4) is 0 Å². The molecule has 0 saturated carbocycles. The second-order valence-electron chi connectivity index (χ2n) is 4.70. The van der Waals surface area contributed by atoms with Crippen molar-refractivity contribution in [2.75, 3.05) is 5.73 Å². The summed E-state index contributed by atoms with van der Waals surface area (Å²) < 4.78 is 24.4. The van der Waals surface area contributed by atoms with Crippen molar-refractivity contribution in [1.29, 1.82) is 0 Å². The van der Waals surface area contributed by atoms with Crippen LogP contribution in [0.5, 0.6) is 0 Å². The summed E-state index contributed by atoms with van der Waals surface area (Å²) in [5, 5.41) is 0. The fourth-order valence-corrected chi connectivity index (χ4v) is 3.58. The van der Waals surface area contributed by atoms with E-state index in [1.807, 2.05) is 31.2 Å². The van der Waals surface area contributed by atoms with E-state index in [-0.39, 0.29) is 11.5 Å². The Morgan fingerprint density at radius 2 is 1.74 bits per heavy atom. The number of benzene rings is 2. The zero-order chi connectivity index (χ0) is 13.9. The van der Waals surface area contributed by atoms with Gasteiger partial charge in [-0.2, -0.15) is 0 Å². The maximum atomic E-state index is 12.2. The molecule has 2 aromatic rings. The molecule has 2 aromatic carbocycles. The average Bonchev–Trinajstić information content (AvgIpc) is 2.31. The summed E-state index contributed by atoms with van der Waals surface area (Å²) in [6.45, 7) is 1.92. The molecule has 100 valence electrons. The first-order valence-electron chi connectivity index (χ1n) is 6.06. The molecule has 0 aliphatic carbocycles. The highest BCUT2D eigenvalue weighted by Gasteiger charge is 2.14. The molecule has 0 unspecified atom stereocenters. The first-order valence-corrected chi connectivity index (χ1v) is 7.88. The third-order valence-corrected chi connectivity index (χ3v) is 4.50. The Balaban J connectivity index is 2.18. The second-order valence-corrected chi connectivity index (χ2v) is 6.77. The molecule has 0 heterocycles. The molecule has 0 bridgehead atoms. The number of hydrogen-bond donors (Lipinski definition) is 1. The summed E-state index contributed by atoms with van der Waals surface area (Å²) in [7, 11) is -3.18. The van der Waals surface area contributed by atoms with E-state index in [2.05, 4.69) is 0 Å². The smallest absolute Gasteiger partial charge is 0.158 e. The van der Waals surface area contributed by atoms with Gasteiger partial charge in [0, 0.05) is 5.69 Å². The van der Waals surface area contributed by atoms with Crippen molar-refractivity contribution in [2.45, 2.75) is 18.4 Å². The van der Waals surface area contributed by atoms with Crippen LogP contribution in [0.4, 0.5) is 5.69 Å². The number of aryl methyl sites for hydroxylation is 1. The number of nitrogen functional groups attached to an aromatic ring is 1. The van der Waals surface area contributed by atoms with Crippen molar-refractivity contribution < 1.29 is 8.42 Å². The molecular formula is C15H17NO2S. The Morgan fingerprint density at radius 3 is 2.42 bits per heavy atom. The maximum absolute atomic E-state index is 12.2. The van der Waals surface area contributed by atoms with Crippen molar-refractivity contribution in [3.8, 4) is 0 Å². The Morgan fingerprint density at radius 1 is 1.00 bits per heavy atom. The van der Waals surface area contributed by atoms with Gasteiger partial charge in [0.05, 0.1) is 11.5 Å². The number of nitrogens with two attached hydrogens (primary N) is 1. The largest absolute Gasteiger partial charge is 0.399 e.